The number of carbonyl (C=O) groups excluding carboxylic acids is 2. The van der Waals surface area contributed by atoms with Crippen molar-refractivity contribution in [3.63, 3.8) is 0 Å². The molecule has 1 heterocycles. The largest absolute Gasteiger partial charge is 0.466 e. The first-order valence-corrected chi connectivity index (χ1v) is 13.4. The molecule has 0 spiro atoms. The molecule has 4 rings (SSSR count). The fraction of sp³-hybridized carbons (Fsp3) is 0.862. The highest BCUT2D eigenvalue weighted by Crippen LogP contribution is 2.74. The molecule has 0 unspecified atom stereocenters. The van der Waals surface area contributed by atoms with E-state index in [4.69, 9.17) is 9.47 Å². The van der Waals surface area contributed by atoms with Crippen LogP contribution in [0.1, 0.15) is 106 Å². The first-order chi connectivity index (χ1) is 15.4. The molecule has 0 N–H and O–H groups in total. The van der Waals surface area contributed by atoms with Crippen LogP contribution in [-0.2, 0) is 19.1 Å². The Hall–Kier alpha value is -1.32. The standard InChI is InChI=1S/C29H46O4/c1-8-32-24(30)13-15-26(4)20(19(2)3)11-17-28(6)23(26)10-9-21-22(12-16-27(21,28)5)29(7)18-14-25(31)33-29/h20-23H,2,8-18H2,1,3-7H3/t20-,21+,22-,23+,26-,27+,28+,29-/m0/s1. The van der Waals surface area contributed by atoms with Crippen LogP contribution >= 0.6 is 0 Å². The van der Waals surface area contributed by atoms with Gasteiger partial charge in [0.25, 0.3) is 0 Å². The van der Waals surface area contributed by atoms with Crippen LogP contribution in [0.3, 0.4) is 0 Å². The Morgan fingerprint density at radius 3 is 2.33 bits per heavy atom. The summed E-state index contributed by atoms with van der Waals surface area (Å²) >= 11 is 0. The van der Waals surface area contributed by atoms with Gasteiger partial charge in [0.05, 0.1) is 6.61 Å². The zero-order valence-corrected chi connectivity index (χ0v) is 21.9. The molecule has 0 aromatic carbocycles. The molecule has 3 saturated carbocycles. The molecule has 4 heteroatoms. The van der Waals surface area contributed by atoms with Gasteiger partial charge in [-0.3, -0.25) is 9.59 Å². The Morgan fingerprint density at radius 1 is 1.03 bits per heavy atom. The Kier molecular flexibility index (Phi) is 6.32. The van der Waals surface area contributed by atoms with E-state index in [1.54, 1.807) is 0 Å². The summed E-state index contributed by atoms with van der Waals surface area (Å²) in [7, 11) is 0. The quantitative estimate of drug-likeness (QED) is 0.322. The van der Waals surface area contributed by atoms with Crippen molar-refractivity contribution in [1.82, 2.24) is 0 Å². The van der Waals surface area contributed by atoms with Crippen LogP contribution in [0.25, 0.3) is 0 Å². The third-order valence-corrected chi connectivity index (χ3v) is 11.4. The lowest BCUT2D eigenvalue weighted by molar-refractivity contribution is -0.182. The summed E-state index contributed by atoms with van der Waals surface area (Å²) < 4.78 is 11.3. The smallest absolute Gasteiger partial charge is 0.306 e. The van der Waals surface area contributed by atoms with E-state index in [0.29, 0.717) is 43.1 Å². The summed E-state index contributed by atoms with van der Waals surface area (Å²) in [6.45, 7) is 18.7. The van der Waals surface area contributed by atoms with Gasteiger partial charge < -0.3 is 9.47 Å². The maximum absolute atomic E-state index is 12.4. The van der Waals surface area contributed by atoms with Crippen molar-refractivity contribution in [3.05, 3.63) is 12.2 Å². The van der Waals surface area contributed by atoms with Gasteiger partial charge in [-0.1, -0.05) is 32.9 Å². The number of hydrogen-bond acceptors (Lipinski definition) is 4. The fourth-order valence-electron chi connectivity index (χ4n) is 9.58. The highest BCUT2D eigenvalue weighted by atomic mass is 16.6. The second kappa shape index (κ2) is 8.41. The highest BCUT2D eigenvalue weighted by molar-refractivity contribution is 5.72. The Bertz CT molecular complexity index is 818. The third kappa shape index (κ3) is 3.69. The number of ether oxygens (including phenoxy) is 2. The van der Waals surface area contributed by atoms with Crippen LogP contribution in [-0.4, -0.2) is 24.1 Å². The minimum atomic E-state index is -0.287. The average molecular weight is 459 g/mol. The molecule has 0 radical (unpaired) electrons. The van der Waals surface area contributed by atoms with Gasteiger partial charge in [-0.2, -0.15) is 0 Å². The molecule has 0 amide bonds. The molecular weight excluding hydrogens is 412 g/mol. The van der Waals surface area contributed by atoms with Gasteiger partial charge in [0.1, 0.15) is 5.60 Å². The van der Waals surface area contributed by atoms with E-state index < -0.39 is 0 Å². The lowest BCUT2D eigenvalue weighted by atomic mass is 9.38. The first-order valence-electron chi connectivity index (χ1n) is 13.4. The highest BCUT2D eigenvalue weighted by Gasteiger charge is 2.68. The second-order valence-electron chi connectivity index (χ2n) is 12.8. The number of allylic oxidation sites excluding steroid dienone is 1. The summed E-state index contributed by atoms with van der Waals surface area (Å²) in [5, 5.41) is 0. The van der Waals surface area contributed by atoms with E-state index in [2.05, 4.69) is 41.2 Å². The lowest BCUT2D eigenvalue weighted by Crippen LogP contribution is -2.60. The summed E-state index contributed by atoms with van der Waals surface area (Å²) in [5.74, 6) is 2.01. The molecule has 4 fully saturated rings. The number of hydrogen-bond donors (Lipinski definition) is 0. The topological polar surface area (TPSA) is 52.6 Å². The SMILES string of the molecule is C=C(C)[C@@H]1CC[C@]2(C)[C@H](CC[C@@H]3[C@@H]([C@]4(C)CCC(=O)O4)CC[C@]32C)[C@@]1(C)CCC(=O)OCC. The summed E-state index contributed by atoms with van der Waals surface area (Å²) in [5.41, 5.74) is 1.50. The van der Waals surface area contributed by atoms with Crippen molar-refractivity contribution in [2.24, 2.45) is 39.9 Å². The van der Waals surface area contributed by atoms with E-state index in [1.807, 2.05) is 6.92 Å². The molecular formula is C29H46O4. The van der Waals surface area contributed by atoms with Gasteiger partial charge in [0, 0.05) is 18.8 Å². The number of rotatable bonds is 6. The first kappa shape index (κ1) is 24.8. The van der Waals surface area contributed by atoms with Crippen LogP contribution in [0, 0.1) is 39.9 Å². The second-order valence-corrected chi connectivity index (χ2v) is 12.8. The monoisotopic (exact) mass is 458 g/mol. The molecule has 8 atom stereocenters. The van der Waals surface area contributed by atoms with E-state index in [-0.39, 0.29) is 33.8 Å². The average Bonchev–Trinajstić information content (AvgIpc) is 3.27. The minimum Gasteiger partial charge on any atom is -0.466 e. The predicted molar refractivity (Wildman–Crippen MR) is 130 cm³/mol. The lowest BCUT2D eigenvalue weighted by Gasteiger charge is -2.66. The predicted octanol–water partition coefficient (Wildman–Crippen LogP) is 6.87. The van der Waals surface area contributed by atoms with Crippen LogP contribution in [0.15, 0.2) is 12.2 Å². The zero-order valence-electron chi connectivity index (χ0n) is 21.9. The maximum Gasteiger partial charge on any atom is 0.306 e. The van der Waals surface area contributed by atoms with E-state index >= 15 is 0 Å². The Balaban J connectivity index is 1.65. The molecule has 4 aliphatic rings. The summed E-state index contributed by atoms with van der Waals surface area (Å²) in [4.78, 5) is 24.4. The minimum absolute atomic E-state index is 0.0143. The Morgan fingerprint density at radius 2 is 1.73 bits per heavy atom. The van der Waals surface area contributed by atoms with Crippen LogP contribution in [0.4, 0.5) is 0 Å². The van der Waals surface area contributed by atoms with Crippen LogP contribution < -0.4 is 0 Å². The van der Waals surface area contributed by atoms with E-state index in [9.17, 15) is 9.59 Å². The van der Waals surface area contributed by atoms with Crippen LogP contribution in [0.5, 0.6) is 0 Å². The molecule has 0 bridgehead atoms. The molecule has 3 aliphatic carbocycles. The van der Waals surface area contributed by atoms with Crippen molar-refractivity contribution in [2.75, 3.05) is 6.61 Å². The van der Waals surface area contributed by atoms with Crippen molar-refractivity contribution in [1.29, 1.82) is 0 Å². The molecule has 186 valence electrons. The van der Waals surface area contributed by atoms with Gasteiger partial charge in [-0.05, 0) is 106 Å². The molecule has 0 aromatic rings. The third-order valence-electron chi connectivity index (χ3n) is 11.4. The zero-order chi connectivity index (χ0) is 24.2. The molecule has 1 saturated heterocycles. The molecule has 0 aromatic heterocycles. The van der Waals surface area contributed by atoms with Crippen molar-refractivity contribution >= 4 is 11.9 Å². The molecule has 4 nitrogen and oxygen atoms in total. The van der Waals surface area contributed by atoms with Gasteiger partial charge in [0.2, 0.25) is 0 Å². The fourth-order valence-corrected chi connectivity index (χ4v) is 9.58. The molecule has 1 aliphatic heterocycles. The number of cyclic esters (lactones) is 1. The van der Waals surface area contributed by atoms with Crippen LogP contribution in [0.2, 0.25) is 0 Å². The van der Waals surface area contributed by atoms with Crippen molar-refractivity contribution in [3.8, 4) is 0 Å². The number of carbonyl (C=O) groups is 2. The Labute approximate surface area is 201 Å². The summed E-state index contributed by atoms with van der Waals surface area (Å²) in [6, 6.07) is 0. The maximum atomic E-state index is 12.4. The normalized spacial score (nSPS) is 46.9. The van der Waals surface area contributed by atoms with E-state index in [1.165, 1.54) is 31.3 Å². The van der Waals surface area contributed by atoms with Gasteiger partial charge >= 0.3 is 11.9 Å². The van der Waals surface area contributed by atoms with Gasteiger partial charge in [-0.25, -0.2) is 0 Å². The molecule has 33 heavy (non-hydrogen) atoms. The van der Waals surface area contributed by atoms with Gasteiger partial charge in [-0.15, -0.1) is 0 Å². The number of fused-ring (bicyclic) bond motifs is 3. The van der Waals surface area contributed by atoms with Gasteiger partial charge in [0.15, 0.2) is 0 Å². The number of esters is 2. The van der Waals surface area contributed by atoms with E-state index in [0.717, 1.165) is 25.7 Å². The summed E-state index contributed by atoms with van der Waals surface area (Å²) in [6.07, 6.45) is 9.97. The van der Waals surface area contributed by atoms with Crippen molar-refractivity contribution in [2.45, 2.75) is 111 Å². The van der Waals surface area contributed by atoms with Crippen molar-refractivity contribution < 1.29 is 19.1 Å².